The minimum Gasteiger partial charge on any atom is -0.450 e. The van der Waals surface area contributed by atoms with Crippen LogP contribution in [0.25, 0.3) is 0 Å². The molecular weight excluding hydrogens is 440 g/mol. The number of hydrogen-bond donors (Lipinski definition) is 3. The van der Waals surface area contributed by atoms with Crippen LogP contribution in [0, 0.1) is 5.92 Å². The summed E-state index contributed by atoms with van der Waals surface area (Å²) in [4.78, 5) is 40.8. The molecule has 0 spiro atoms. The van der Waals surface area contributed by atoms with E-state index in [1.807, 2.05) is 20.8 Å². The molecule has 1 saturated heterocycles. The SMILES string of the molecule is CCCOC(=O)NC(C(=O)N1CCCC1C(=O)NCC1CCC(N)CC1)C(C)(C)SC(C)C. The summed E-state index contributed by atoms with van der Waals surface area (Å²) >= 11 is 1.63. The van der Waals surface area contributed by atoms with Crippen molar-refractivity contribution in [1.82, 2.24) is 15.5 Å². The summed E-state index contributed by atoms with van der Waals surface area (Å²) in [5, 5.41) is 6.15. The maximum absolute atomic E-state index is 13.7. The summed E-state index contributed by atoms with van der Waals surface area (Å²) in [6.45, 7) is 11.4. The van der Waals surface area contributed by atoms with E-state index >= 15 is 0 Å². The first-order chi connectivity index (χ1) is 15.5. The van der Waals surface area contributed by atoms with Crippen molar-refractivity contribution in [3.63, 3.8) is 0 Å². The highest BCUT2D eigenvalue weighted by atomic mass is 32.2. The highest BCUT2D eigenvalue weighted by Gasteiger charge is 2.44. The average Bonchev–Trinajstić information content (AvgIpc) is 3.24. The van der Waals surface area contributed by atoms with Gasteiger partial charge in [0.1, 0.15) is 12.1 Å². The molecule has 33 heavy (non-hydrogen) atoms. The molecule has 4 N–H and O–H groups in total. The first-order valence-corrected chi connectivity index (χ1v) is 13.4. The monoisotopic (exact) mass is 484 g/mol. The van der Waals surface area contributed by atoms with E-state index in [0.717, 1.165) is 32.1 Å². The average molecular weight is 485 g/mol. The van der Waals surface area contributed by atoms with Gasteiger partial charge in [-0.25, -0.2) is 4.79 Å². The van der Waals surface area contributed by atoms with Gasteiger partial charge in [-0.2, -0.15) is 11.8 Å². The molecule has 8 nitrogen and oxygen atoms in total. The van der Waals surface area contributed by atoms with Crippen molar-refractivity contribution in [2.24, 2.45) is 11.7 Å². The van der Waals surface area contributed by atoms with Crippen molar-refractivity contribution >= 4 is 29.7 Å². The zero-order valence-electron chi connectivity index (χ0n) is 21.0. The van der Waals surface area contributed by atoms with E-state index in [1.165, 1.54) is 0 Å². The van der Waals surface area contributed by atoms with Crippen molar-refractivity contribution in [1.29, 1.82) is 0 Å². The molecule has 0 aromatic carbocycles. The molecular formula is C24H44N4O4S. The molecule has 9 heteroatoms. The fourth-order valence-electron chi connectivity index (χ4n) is 4.79. The third kappa shape index (κ3) is 8.35. The summed E-state index contributed by atoms with van der Waals surface area (Å²) in [5.41, 5.74) is 5.99. The Labute approximate surface area is 203 Å². The minimum atomic E-state index is -0.789. The summed E-state index contributed by atoms with van der Waals surface area (Å²) in [6, 6.07) is -1.01. The third-order valence-corrected chi connectivity index (χ3v) is 7.79. The number of carbonyl (C=O) groups is 3. The Bertz CT molecular complexity index is 665. The van der Waals surface area contributed by atoms with Crippen LogP contribution in [0.5, 0.6) is 0 Å². The van der Waals surface area contributed by atoms with E-state index in [-0.39, 0.29) is 23.1 Å². The van der Waals surface area contributed by atoms with Crippen molar-refractivity contribution < 1.29 is 19.1 Å². The molecule has 0 aromatic rings. The fourth-order valence-corrected chi connectivity index (χ4v) is 6.30. The smallest absolute Gasteiger partial charge is 0.407 e. The van der Waals surface area contributed by atoms with Crippen LogP contribution in [0.3, 0.4) is 0 Å². The van der Waals surface area contributed by atoms with Crippen LogP contribution < -0.4 is 16.4 Å². The van der Waals surface area contributed by atoms with Crippen LogP contribution in [0.15, 0.2) is 0 Å². The standard InChI is InChI=1S/C24H44N4O4S/c1-6-14-32-23(31)27-20(24(4,5)33-16(2)3)22(30)28-13-7-8-19(28)21(29)26-15-17-9-11-18(25)12-10-17/h16-20H,6-15,25H2,1-5H3,(H,26,29)(H,27,31). The molecule has 2 unspecified atom stereocenters. The number of alkyl carbamates (subject to hydrolysis) is 1. The molecule has 2 rings (SSSR count). The normalized spacial score (nSPS) is 24.5. The lowest BCUT2D eigenvalue weighted by Gasteiger charge is -2.38. The van der Waals surface area contributed by atoms with E-state index in [2.05, 4.69) is 24.5 Å². The molecule has 0 bridgehead atoms. The molecule has 2 aliphatic rings. The van der Waals surface area contributed by atoms with E-state index in [4.69, 9.17) is 10.5 Å². The Morgan fingerprint density at radius 2 is 1.82 bits per heavy atom. The number of amides is 3. The lowest BCUT2D eigenvalue weighted by atomic mass is 9.86. The van der Waals surface area contributed by atoms with Gasteiger partial charge in [0.05, 0.1) is 6.61 Å². The Morgan fingerprint density at radius 1 is 1.15 bits per heavy atom. The predicted octanol–water partition coefficient (Wildman–Crippen LogP) is 3.04. The summed E-state index contributed by atoms with van der Waals surface area (Å²) in [6.07, 6.45) is 5.57. The Morgan fingerprint density at radius 3 is 2.42 bits per heavy atom. The van der Waals surface area contributed by atoms with Gasteiger partial charge in [0.2, 0.25) is 11.8 Å². The molecule has 1 saturated carbocycles. The number of carbonyl (C=O) groups excluding carboxylic acids is 3. The number of rotatable bonds is 10. The topological polar surface area (TPSA) is 114 Å². The summed E-state index contributed by atoms with van der Waals surface area (Å²) < 4.78 is 4.64. The molecule has 1 aliphatic heterocycles. The summed E-state index contributed by atoms with van der Waals surface area (Å²) in [7, 11) is 0. The number of nitrogens with two attached hydrogens (primary N) is 1. The Hall–Kier alpha value is -1.48. The maximum atomic E-state index is 13.7. The molecule has 3 amide bonds. The van der Waals surface area contributed by atoms with Crippen LogP contribution >= 0.6 is 11.8 Å². The molecule has 1 aliphatic carbocycles. The second-order valence-electron chi connectivity index (χ2n) is 10.2. The van der Waals surface area contributed by atoms with Crippen LogP contribution in [-0.4, -0.2) is 70.6 Å². The first-order valence-electron chi connectivity index (χ1n) is 12.5. The molecule has 2 atom stereocenters. The Kier molecular flexibility index (Phi) is 10.8. The molecule has 190 valence electrons. The van der Waals surface area contributed by atoms with Gasteiger partial charge in [0.25, 0.3) is 0 Å². The van der Waals surface area contributed by atoms with Gasteiger partial charge in [0.15, 0.2) is 0 Å². The number of nitrogens with one attached hydrogen (secondary N) is 2. The van der Waals surface area contributed by atoms with Gasteiger partial charge in [-0.15, -0.1) is 0 Å². The lowest BCUT2D eigenvalue weighted by molar-refractivity contribution is -0.140. The molecule has 1 heterocycles. The van der Waals surface area contributed by atoms with Crippen LogP contribution in [0.2, 0.25) is 0 Å². The molecule has 0 aromatic heterocycles. The summed E-state index contributed by atoms with van der Waals surface area (Å²) in [5.74, 6) is 0.128. The Balaban J connectivity index is 2.07. The lowest BCUT2D eigenvalue weighted by Crippen LogP contribution is -2.60. The van der Waals surface area contributed by atoms with Crippen molar-refractivity contribution in [3.05, 3.63) is 0 Å². The van der Waals surface area contributed by atoms with Gasteiger partial charge >= 0.3 is 6.09 Å². The van der Waals surface area contributed by atoms with E-state index in [1.54, 1.807) is 16.7 Å². The largest absolute Gasteiger partial charge is 0.450 e. The molecule has 0 radical (unpaired) electrons. The van der Waals surface area contributed by atoms with Gasteiger partial charge in [0, 0.05) is 23.9 Å². The van der Waals surface area contributed by atoms with Crippen molar-refractivity contribution in [3.8, 4) is 0 Å². The van der Waals surface area contributed by atoms with Crippen molar-refractivity contribution in [2.45, 2.75) is 108 Å². The predicted molar refractivity (Wildman–Crippen MR) is 133 cm³/mol. The maximum Gasteiger partial charge on any atom is 0.407 e. The van der Waals surface area contributed by atoms with Crippen LogP contribution in [0.4, 0.5) is 4.79 Å². The van der Waals surface area contributed by atoms with Crippen LogP contribution in [-0.2, 0) is 14.3 Å². The van der Waals surface area contributed by atoms with Gasteiger partial charge in [-0.3, -0.25) is 9.59 Å². The number of likely N-dealkylation sites (tertiary alicyclic amines) is 1. The highest BCUT2D eigenvalue weighted by molar-refractivity contribution is 8.01. The minimum absolute atomic E-state index is 0.0997. The van der Waals surface area contributed by atoms with Gasteiger partial charge < -0.3 is 26.0 Å². The highest BCUT2D eigenvalue weighted by Crippen LogP contribution is 2.34. The first kappa shape index (κ1) is 27.8. The van der Waals surface area contributed by atoms with Crippen molar-refractivity contribution in [2.75, 3.05) is 19.7 Å². The molecule has 2 fully saturated rings. The van der Waals surface area contributed by atoms with Gasteiger partial charge in [-0.05, 0) is 70.0 Å². The van der Waals surface area contributed by atoms with E-state index in [0.29, 0.717) is 38.5 Å². The quantitative estimate of drug-likeness (QED) is 0.439. The van der Waals surface area contributed by atoms with Gasteiger partial charge in [-0.1, -0.05) is 20.8 Å². The third-order valence-electron chi connectivity index (χ3n) is 6.48. The number of thioether (sulfide) groups is 1. The second-order valence-corrected chi connectivity index (χ2v) is 12.4. The van der Waals surface area contributed by atoms with E-state index in [9.17, 15) is 14.4 Å². The van der Waals surface area contributed by atoms with E-state index < -0.39 is 22.9 Å². The zero-order chi connectivity index (χ0) is 24.6. The number of nitrogens with zero attached hydrogens (tertiary/aromatic N) is 1. The fraction of sp³-hybridized carbons (Fsp3) is 0.875. The number of hydrogen-bond acceptors (Lipinski definition) is 6. The zero-order valence-corrected chi connectivity index (χ0v) is 21.8. The number of ether oxygens (including phenoxy) is 1. The second kappa shape index (κ2) is 12.8. The van der Waals surface area contributed by atoms with Crippen LogP contribution in [0.1, 0.15) is 79.6 Å².